The fourth-order valence-corrected chi connectivity index (χ4v) is 2.01. The Morgan fingerprint density at radius 1 is 1.45 bits per heavy atom. The minimum absolute atomic E-state index is 0.0514. The van der Waals surface area contributed by atoms with Gasteiger partial charge in [0.1, 0.15) is 17.1 Å². The number of hydrogen-bond acceptors (Lipinski definition) is 6. The van der Waals surface area contributed by atoms with Crippen molar-refractivity contribution in [3.63, 3.8) is 0 Å². The number of hydrogen-bond donors (Lipinski definition) is 1. The second kappa shape index (κ2) is 4.44. The van der Waals surface area contributed by atoms with Crippen molar-refractivity contribution >= 4 is 5.78 Å². The summed E-state index contributed by atoms with van der Waals surface area (Å²) in [4.78, 5) is 20.3. The first-order valence-electron chi connectivity index (χ1n) is 6.15. The molecule has 0 aliphatic carbocycles. The van der Waals surface area contributed by atoms with Crippen LogP contribution in [0.15, 0.2) is 27.5 Å². The van der Waals surface area contributed by atoms with E-state index in [-0.39, 0.29) is 11.3 Å². The summed E-state index contributed by atoms with van der Waals surface area (Å²) in [6.07, 6.45) is 2.16. The van der Waals surface area contributed by atoms with Gasteiger partial charge in [0.2, 0.25) is 0 Å². The van der Waals surface area contributed by atoms with Gasteiger partial charge in [-0.25, -0.2) is 9.78 Å². The molecule has 0 aliphatic rings. The number of rotatable bonds is 2. The van der Waals surface area contributed by atoms with Crippen molar-refractivity contribution in [2.24, 2.45) is 0 Å². The SMILES string of the molecule is CCc1nc2nccc(-c3c(O)cc(C)oc3=O)n2n1. The molecule has 7 heteroatoms. The molecule has 1 N–H and O–H groups in total. The highest BCUT2D eigenvalue weighted by atomic mass is 16.4. The van der Waals surface area contributed by atoms with Crippen LogP contribution in [-0.2, 0) is 6.42 Å². The van der Waals surface area contributed by atoms with Crippen LogP contribution in [0.4, 0.5) is 0 Å². The number of aromatic nitrogens is 4. The maximum Gasteiger partial charge on any atom is 0.349 e. The fraction of sp³-hybridized carbons (Fsp3) is 0.231. The number of aryl methyl sites for hydroxylation is 2. The first-order chi connectivity index (χ1) is 9.60. The van der Waals surface area contributed by atoms with E-state index in [1.54, 1.807) is 13.0 Å². The van der Waals surface area contributed by atoms with E-state index < -0.39 is 5.63 Å². The van der Waals surface area contributed by atoms with Crippen molar-refractivity contribution in [3.05, 3.63) is 40.3 Å². The maximum atomic E-state index is 12.0. The van der Waals surface area contributed by atoms with Crippen molar-refractivity contribution in [1.82, 2.24) is 19.6 Å². The smallest absolute Gasteiger partial charge is 0.349 e. The Morgan fingerprint density at radius 3 is 2.95 bits per heavy atom. The molecule has 0 amide bonds. The van der Waals surface area contributed by atoms with Crippen LogP contribution in [0.25, 0.3) is 17.0 Å². The number of fused-ring (bicyclic) bond motifs is 1. The van der Waals surface area contributed by atoms with E-state index in [1.807, 2.05) is 6.92 Å². The van der Waals surface area contributed by atoms with E-state index in [4.69, 9.17) is 4.42 Å². The summed E-state index contributed by atoms with van der Waals surface area (Å²) in [7, 11) is 0. The van der Waals surface area contributed by atoms with Gasteiger partial charge >= 0.3 is 5.63 Å². The average Bonchev–Trinajstić information content (AvgIpc) is 2.81. The molecule has 0 saturated carbocycles. The molecule has 0 aliphatic heterocycles. The van der Waals surface area contributed by atoms with Crippen molar-refractivity contribution in [2.45, 2.75) is 20.3 Å². The van der Waals surface area contributed by atoms with Crippen LogP contribution >= 0.6 is 0 Å². The highest BCUT2D eigenvalue weighted by Gasteiger charge is 2.17. The third-order valence-electron chi connectivity index (χ3n) is 2.91. The molecule has 0 fully saturated rings. The van der Waals surface area contributed by atoms with Crippen LogP contribution in [0, 0.1) is 6.92 Å². The van der Waals surface area contributed by atoms with Gasteiger partial charge in [0.25, 0.3) is 5.78 Å². The molecule has 0 saturated heterocycles. The van der Waals surface area contributed by atoms with Crippen LogP contribution in [0.3, 0.4) is 0 Å². The maximum absolute atomic E-state index is 12.0. The van der Waals surface area contributed by atoms with Crippen LogP contribution in [0.2, 0.25) is 0 Å². The second-order valence-electron chi connectivity index (χ2n) is 4.33. The molecule has 0 aromatic carbocycles. The summed E-state index contributed by atoms with van der Waals surface area (Å²) >= 11 is 0. The lowest BCUT2D eigenvalue weighted by atomic mass is 10.2. The topological polar surface area (TPSA) is 93.5 Å². The molecular formula is C13H12N4O3. The number of aromatic hydroxyl groups is 1. The minimum Gasteiger partial charge on any atom is -0.507 e. The zero-order valence-corrected chi connectivity index (χ0v) is 11.0. The Balaban J connectivity index is 2.35. The lowest BCUT2D eigenvalue weighted by molar-refractivity contribution is 0.437. The Bertz CT molecular complexity index is 850. The highest BCUT2D eigenvalue weighted by Crippen LogP contribution is 2.25. The lowest BCUT2D eigenvalue weighted by Crippen LogP contribution is -2.08. The highest BCUT2D eigenvalue weighted by molar-refractivity contribution is 5.66. The van der Waals surface area contributed by atoms with E-state index in [1.165, 1.54) is 16.8 Å². The van der Waals surface area contributed by atoms with Gasteiger partial charge < -0.3 is 9.52 Å². The largest absolute Gasteiger partial charge is 0.507 e. The number of nitrogens with zero attached hydrogens (tertiary/aromatic N) is 4. The standard InChI is InChI=1S/C13H12N4O3/c1-3-10-15-13-14-5-4-8(17(13)16-10)11-9(18)6-7(2)20-12(11)19/h4-6,18H,3H2,1-2H3. The molecule has 0 radical (unpaired) electrons. The van der Waals surface area contributed by atoms with E-state index in [0.29, 0.717) is 29.5 Å². The predicted octanol–water partition coefficient (Wildman–Crippen LogP) is 1.32. The Kier molecular flexibility index (Phi) is 2.74. The monoisotopic (exact) mass is 272 g/mol. The van der Waals surface area contributed by atoms with Crippen molar-refractivity contribution in [3.8, 4) is 17.0 Å². The van der Waals surface area contributed by atoms with E-state index in [0.717, 1.165) is 0 Å². The van der Waals surface area contributed by atoms with Crippen LogP contribution in [0.5, 0.6) is 5.75 Å². The molecule has 0 spiro atoms. The molecule has 20 heavy (non-hydrogen) atoms. The molecule has 0 bridgehead atoms. The molecule has 3 rings (SSSR count). The van der Waals surface area contributed by atoms with Crippen LogP contribution < -0.4 is 5.63 Å². The third-order valence-corrected chi connectivity index (χ3v) is 2.91. The Hall–Kier alpha value is -2.70. The van der Waals surface area contributed by atoms with Gasteiger partial charge in [-0.15, -0.1) is 5.10 Å². The molecule has 0 unspecified atom stereocenters. The first-order valence-corrected chi connectivity index (χ1v) is 6.15. The molecule has 3 aromatic heterocycles. The van der Waals surface area contributed by atoms with Crippen LogP contribution in [0.1, 0.15) is 18.5 Å². The Morgan fingerprint density at radius 2 is 2.25 bits per heavy atom. The minimum atomic E-state index is -0.622. The van der Waals surface area contributed by atoms with Gasteiger partial charge in [-0.05, 0) is 13.0 Å². The van der Waals surface area contributed by atoms with Gasteiger partial charge in [0.15, 0.2) is 5.82 Å². The van der Waals surface area contributed by atoms with Crippen molar-refractivity contribution < 1.29 is 9.52 Å². The van der Waals surface area contributed by atoms with Gasteiger partial charge in [0.05, 0.1) is 5.69 Å². The molecule has 3 heterocycles. The molecule has 7 nitrogen and oxygen atoms in total. The second-order valence-corrected chi connectivity index (χ2v) is 4.33. The zero-order chi connectivity index (χ0) is 14.3. The lowest BCUT2D eigenvalue weighted by Gasteiger charge is -2.05. The normalized spacial score (nSPS) is 11.1. The van der Waals surface area contributed by atoms with E-state index >= 15 is 0 Å². The quantitative estimate of drug-likeness (QED) is 0.756. The van der Waals surface area contributed by atoms with Gasteiger partial charge in [-0.3, -0.25) is 0 Å². The molecule has 3 aromatic rings. The molecular weight excluding hydrogens is 260 g/mol. The van der Waals surface area contributed by atoms with Gasteiger partial charge in [-0.2, -0.15) is 9.50 Å². The fourth-order valence-electron chi connectivity index (χ4n) is 2.01. The summed E-state index contributed by atoms with van der Waals surface area (Å²) in [5.41, 5.74) is -0.174. The average molecular weight is 272 g/mol. The van der Waals surface area contributed by atoms with Crippen molar-refractivity contribution in [1.29, 1.82) is 0 Å². The van der Waals surface area contributed by atoms with Gasteiger partial charge in [-0.1, -0.05) is 6.92 Å². The van der Waals surface area contributed by atoms with Crippen LogP contribution in [-0.4, -0.2) is 24.7 Å². The van der Waals surface area contributed by atoms with E-state index in [9.17, 15) is 9.90 Å². The summed E-state index contributed by atoms with van der Waals surface area (Å²) in [6, 6.07) is 2.98. The molecule has 102 valence electrons. The first kappa shape index (κ1) is 12.3. The summed E-state index contributed by atoms with van der Waals surface area (Å²) in [6.45, 7) is 3.52. The summed E-state index contributed by atoms with van der Waals surface area (Å²) in [5.74, 6) is 1.17. The zero-order valence-electron chi connectivity index (χ0n) is 11.0. The molecule has 0 atom stereocenters. The summed E-state index contributed by atoms with van der Waals surface area (Å²) < 4.78 is 6.46. The van der Waals surface area contributed by atoms with E-state index in [2.05, 4.69) is 15.1 Å². The van der Waals surface area contributed by atoms with Crippen molar-refractivity contribution in [2.75, 3.05) is 0 Å². The summed E-state index contributed by atoms with van der Waals surface area (Å²) in [5, 5.41) is 14.3. The Labute approximate surface area is 113 Å². The predicted molar refractivity (Wildman–Crippen MR) is 70.5 cm³/mol. The third kappa shape index (κ3) is 1.83. The van der Waals surface area contributed by atoms with Gasteiger partial charge in [0, 0.05) is 18.7 Å².